The third kappa shape index (κ3) is 2.32. The van der Waals surface area contributed by atoms with Gasteiger partial charge in [0.25, 0.3) is 0 Å². The van der Waals surface area contributed by atoms with E-state index in [9.17, 15) is 0 Å². The molecule has 0 heteroatoms. The fourth-order valence-electron chi connectivity index (χ4n) is 3.03. The maximum atomic E-state index is 2.51. The second kappa shape index (κ2) is 4.68. The van der Waals surface area contributed by atoms with Crippen molar-refractivity contribution in [2.75, 3.05) is 0 Å². The van der Waals surface area contributed by atoms with Gasteiger partial charge in [0.05, 0.1) is 0 Å². The predicted octanol–water partition coefficient (Wildman–Crippen LogP) is 4.89. The maximum Gasteiger partial charge on any atom is -0.0266 e. The molecule has 0 spiro atoms. The summed E-state index contributed by atoms with van der Waals surface area (Å²) in [6.45, 7) is 12.0. The molecule has 4 unspecified atom stereocenters. The van der Waals surface area contributed by atoms with Crippen LogP contribution in [0.25, 0.3) is 0 Å². The first-order valence-electron chi connectivity index (χ1n) is 6.56. The van der Waals surface area contributed by atoms with Gasteiger partial charge >= 0.3 is 0 Å². The molecule has 0 aromatic rings. The molecule has 0 bridgehead atoms. The van der Waals surface area contributed by atoms with Crippen molar-refractivity contribution in [3.8, 4) is 0 Å². The molecule has 0 nitrogen and oxygen atoms in total. The van der Waals surface area contributed by atoms with E-state index in [2.05, 4.69) is 34.6 Å². The number of hydrogen-bond acceptors (Lipinski definition) is 0. The lowest BCUT2D eigenvalue weighted by atomic mass is 9.84. The van der Waals surface area contributed by atoms with E-state index in [1.807, 2.05) is 0 Å². The Morgan fingerprint density at radius 3 is 2.43 bits per heavy atom. The smallest absolute Gasteiger partial charge is 0.0266 e. The number of rotatable bonds is 6. The van der Waals surface area contributed by atoms with Gasteiger partial charge in [-0.1, -0.05) is 60.3 Å². The fourth-order valence-corrected chi connectivity index (χ4v) is 3.03. The highest BCUT2D eigenvalue weighted by Gasteiger charge is 2.54. The molecule has 1 aliphatic rings. The lowest BCUT2D eigenvalue weighted by Gasteiger charge is -2.21. The molecule has 84 valence electrons. The molecular weight excluding hydrogens is 168 g/mol. The Morgan fingerprint density at radius 1 is 1.29 bits per heavy atom. The minimum Gasteiger partial charge on any atom is -0.0654 e. The highest BCUT2D eigenvalue weighted by atomic mass is 14.6. The van der Waals surface area contributed by atoms with Crippen LogP contribution < -0.4 is 0 Å². The summed E-state index contributed by atoms with van der Waals surface area (Å²) in [4.78, 5) is 0. The Labute approximate surface area is 90.5 Å². The Bertz CT molecular complexity index is 173. The molecule has 14 heavy (non-hydrogen) atoms. The van der Waals surface area contributed by atoms with Gasteiger partial charge in [0.15, 0.2) is 0 Å². The van der Waals surface area contributed by atoms with Gasteiger partial charge in [-0.25, -0.2) is 0 Å². The van der Waals surface area contributed by atoms with Crippen LogP contribution in [0.2, 0.25) is 0 Å². The molecule has 0 radical (unpaired) electrons. The van der Waals surface area contributed by atoms with Crippen LogP contribution in [0.5, 0.6) is 0 Å². The summed E-state index contributed by atoms with van der Waals surface area (Å²) in [7, 11) is 0. The summed E-state index contributed by atoms with van der Waals surface area (Å²) < 4.78 is 0. The molecule has 4 atom stereocenters. The fraction of sp³-hybridized carbons (Fsp3) is 1.00. The van der Waals surface area contributed by atoms with Gasteiger partial charge in [0.1, 0.15) is 0 Å². The van der Waals surface area contributed by atoms with Crippen LogP contribution in [0.3, 0.4) is 0 Å². The molecule has 1 saturated carbocycles. The Kier molecular flexibility index (Phi) is 4.04. The van der Waals surface area contributed by atoms with Gasteiger partial charge in [-0.15, -0.1) is 0 Å². The van der Waals surface area contributed by atoms with E-state index in [-0.39, 0.29) is 0 Å². The molecule has 0 aliphatic heterocycles. The topological polar surface area (TPSA) is 0 Å². The van der Waals surface area contributed by atoms with Crippen LogP contribution in [0.15, 0.2) is 0 Å². The summed E-state index contributed by atoms with van der Waals surface area (Å²) in [6, 6.07) is 0. The van der Waals surface area contributed by atoms with E-state index in [0.717, 1.165) is 17.8 Å². The Morgan fingerprint density at radius 2 is 1.93 bits per heavy atom. The van der Waals surface area contributed by atoms with Gasteiger partial charge < -0.3 is 0 Å². The van der Waals surface area contributed by atoms with E-state index >= 15 is 0 Å². The molecular formula is C14H28. The van der Waals surface area contributed by atoms with Gasteiger partial charge in [-0.3, -0.25) is 0 Å². The Hall–Kier alpha value is 0. The summed E-state index contributed by atoms with van der Waals surface area (Å²) in [5, 5.41) is 0. The van der Waals surface area contributed by atoms with Crippen LogP contribution in [-0.2, 0) is 0 Å². The van der Waals surface area contributed by atoms with Crippen molar-refractivity contribution in [3.05, 3.63) is 0 Å². The van der Waals surface area contributed by atoms with Gasteiger partial charge in [-0.05, 0) is 29.6 Å². The quantitative estimate of drug-likeness (QED) is 0.567. The first-order valence-corrected chi connectivity index (χ1v) is 6.56. The highest BCUT2D eigenvalue weighted by molar-refractivity contribution is 5.03. The molecule has 0 amide bonds. The van der Waals surface area contributed by atoms with Crippen molar-refractivity contribution in [1.82, 2.24) is 0 Å². The molecule has 1 aliphatic carbocycles. The van der Waals surface area contributed by atoms with E-state index in [0.29, 0.717) is 5.41 Å². The summed E-state index contributed by atoms with van der Waals surface area (Å²) >= 11 is 0. The monoisotopic (exact) mass is 196 g/mol. The molecule has 0 saturated heterocycles. The predicted molar refractivity (Wildman–Crippen MR) is 64.4 cm³/mol. The average Bonchev–Trinajstić information content (AvgIpc) is 2.87. The number of hydrogen-bond donors (Lipinski definition) is 0. The van der Waals surface area contributed by atoms with Crippen molar-refractivity contribution in [2.45, 2.75) is 66.7 Å². The molecule has 0 N–H and O–H groups in total. The standard InChI is InChI=1S/C14H28/c1-6-8-9-11(3)13-10-14(13,5)12(4)7-2/h11-13H,6-10H2,1-5H3. The van der Waals surface area contributed by atoms with E-state index in [1.165, 1.54) is 32.1 Å². The molecule has 0 aromatic heterocycles. The molecule has 0 aromatic carbocycles. The van der Waals surface area contributed by atoms with Crippen LogP contribution in [0.4, 0.5) is 0 Å². The highest BCUT2D eigenvalue weighted by Crippen LogP contribution is 2.62. The third-order valence-electron chi connectivity index (χ3n) is 4.78. The van der Waals surface area contributed by atoms with Gasteiger partial charge in [0, 0.05) is 0 Å². The van der Waals surface area contributed by atoms with Crippen LogP contribution in [-0.4, -0.2) is 0 Å². The largest absolute Gasteiger partial charge is 0.0654 e. The summed E-state index contributed by atoms with van der Waals surface area (Å²) in [5.41, 5.74) is 0.696. The van der Waals surface area contributed by atoms with Crippen molar-refractivity contribution in [3.63, 3.8) is 0 Å². The van der Waals surface area contributed by atoms with Gasteiger partial charge in [-0.2, -0.15) is 0 Å². The average molecular weight is 196 g/mol. The molecule has 0 heterocycles. The van der Waals surface area contributed by atoms with Crippen LogP contribution in [0.1, 0.15) is 66.7 Å². The SMILES string of the molecule is CCCCC(C)C1CC1(C)C(C)CC. The zero-order valence-electron chi connectivity index (χ0n) is 10.8. The van der Waals surface area contributed by atoms with Crippen molar-refractivity contribution in [1.29, 1.82) is 0 Å². The van der Waals surface area contributed by atoms with Gasteiger partial charge in [0.2, 0.25) is 0 Å². The lowest BCUT2D eigenvalue weighted by Crippen LogP contribution is -2.14. The van der Waals surface area contributed by atoms with E-state index in [1.54, 1.807) is 0 Å². The first kappa shape index (κ1) is 12.1. The second-order valence-electron chi connectivity index (χ2n) is 5.75. The normalized spacial score (nSPS) is 35.4. The van der Waals surface area contributed by atoms with Crippen molar-refractivity contribution >= 4 is 0 Å². The van der Waals surface area contributed by atoms with Crippen molar-refractivity contribution in [2.24, 2.45) is 23.2 Å². The maximum absolute atomic E-state index is 2.51. The molecule has 1 rings (SSSR count). The summed E-state index contributed by atoms with van der Waals surface area (Å²) in [6.07, 6.45) is 7.08. The van der Waals surface area contributed by atoms with Crippen LogP contribution >= 0.6 is 0 Å². The van der Waals surface area contributed by atoms with E-state index < -0.39 is 0 Å². The number of unbranched alkanes of at least 4 members (excludes halogenated alkanes) is 1. The minimum absolute atomic E-state index is 0.696. The van der Waals surface area contributed by atoms with Crippen LogP contribution in [0, 0.1) is 23.2 Å². The second-order valence-corrected chi connectivity index (χ2v) is 5.75. The Balaban J connectivity index is 2.36. The first-order chi connectivity index (χ1) is 6.56. The van der Waals surface area contributed by atoms with Crippen molar-refractivity contribution < 1.29 is 0 Å². The summed E-state index contributed by atoms with van der Waals surface area (Å²) in [5.74, 6) is 2.93. The van der Waals surface area contributed by atoms with E-state index in [4.69, 9.17) is 0 Å². The lowest BCUT2D eigenvalue weighted by molar-refractivity contribution is 0.278. The zero-order valence-corrected chi connectivity index (χ0v) is 10.8. The minimum atomic E-state index is 0.696. The third-order valence-corrected chi connectivity index (χ3v) is 4.78. The zero-order chi connectivity index (χ0) is 10.8. The molecule has 1 fully saturated rings.